The second kappa shape index (κ2) is 7.49. The van der Waals surface area contributed by atoms with Crippen LogP contribution in [0.25, 0.3) is 0 Å². The molecule has 0 saturated carbocycles. The Morgan fingerprint density at radius 3 is 2.80 bits per heavy atom. The quantitative estimate of drug-likeness (QED) is 0.926. The first-order valence-corrected chi connectivity index (χ1v) is 8.52. The maximum absolute atomic E-state index is 12.4. The lowest BCUT2D eigenvalue weighted by atomic mass is 10.0. The van der Waals surface area contributed by atoms with Gasteiger partial charge in [-0.3, -0.25) is 9.69 Å². The Morgan fingerprint density at radius 2 is 2.16 bits per heavy atom. The van der Waals surface area contributed by atoms with Crippen molar-refractivity contribution in [1.29, 1.82) is 5.26 Å². The molecule has 1 N–H and O–H groups in total. The van der Waals surface area contributed by atoms with Gasteiger partial charge in [0.15, 0.2) is 0 Å². The van der Waals surface area contributed by atoms with Crippen molar-refractivity contribution < 1.29 is 9.32 Å². The molecule has 2 aromatic rings. The highest BCUT2D eigenvalue weighted by Gasteiger charge is 2.23. The molecule has 3 rings (SSSR count). The SMILES string of the molecule is Cc1noc(C)c1CN1CCCC(NC(=O)c2ccc(C#N)cc2)C1. The summed E-state index contributed by atoms with van der Waals surface area (Å²) in [4.78, 5) is 14.7. The highest BCUT2D eigenvalue weighted by atomic mass is 16.5. The van der Waals surface area contributed by atoms with E-state index in [0.717, 1.165) is 49.5 Å². The molecule has 1 fully saturated rings. The van der Waals surface area contributed by atoms with E-state index in [0.29, 0.717) is 11.1 Å². The molecule has 1 aromatic carbocycles. The van der Waals surface area contributed by atoms with Crippen molar-refractivity contribution in [3.05, 3.63) is 52.4 Å². The number of carbonyl (C=O) groups is 1. The molecular formula is C19H22N4O2. The van der Waals surface area contributed by atoms with E-state index in [2.05, 4.69) is 21.4 Å². The van der Waals surface area contributed by atoms with E-state index in [4.69, 9.17) is 9.78 Å². The molecule has 1 aliphatic heterocycles. The first-order valence-electron chi connectivity index (χ1n) is 8.52. The van der Waals surface area contributed by atoms with Gasteiger partial charge >= 0.3 is 0 Å². The molecule has 1 amide bonds. The molecule has 1 saturated heterocycles. The number of hydrogen-bond acceptors (Lipinski definition) is 5. The Kier molecular flexibility index (Phi) is 5.15. The number of amides is 1. The monoisotopic (exact) mass is 338 g/mol. The lowest BCUT2D eigenvalue weighted by Gasteiger charge is -2.33. The number of nitrogens with one attached hydrogen (secondary N) is 1. The lowest BCUT2D eigenvalue weighted by molar-refractivity contribution is 0.0900. The second-order valence-corrected chi connectivity index (χ2v) is 6.54. The standard InChI is InChI=1S/C19H22N4O2/c1-13-18(14(2)25-22-13)12-23-9-3-4-17(11-23)21-19(24)16-7-5-15(10-20)6-8-16/h5-8,17H,3-4,9,11-12H2,1-2H3,(H,21,24). The molecule has 6 nitrogen and oxygen atoms in total. The summed E-state index contributed by atoms with van der Waals surface area (Å²) < 4.78 is 5.24. The van der Waals surface area contributed by atoms with Gasteiger partial charge in [0.1, 0.15) is 5.76 Å². The summed E-state index contributed by atoms with van der Waals surface area (Å²) in [6.45, 7) is 6.51. The van der Waals surface area contributed by atoms with Gasteiger partial charge in [-0.15, -0.1) is 0 Å². The van der Waals surface area contributed by atoms with Gasteiger partial charge in [-0.25, -0.2) is 0 Å². The molecule has 130 valence electrons. The van der Waals surface area contributed by atoms with Crippen LogP contribution in [0.5, 0.6) is 0 Å². The van der Waals surface area contributed by atoms with Crippen molar-refractivity contribution in [1.82, 2.24) is 15.4 Å². The third-order valence-electron chi connectivity index (χ3n) is 4.68. The van der Waals surface area contributed by atoms with Crippen LogP contribution in [0.3, 0.4) is 0 Å². The predicted octanol–water partition coefficient (Wildman–Crippen LogP) is 2.56. The van der Waals surface area contributed by atoms with Crippen LogP contribution >= 0.6 is 0 Å². The first-order chi connectivity index (χ1) is 12.1. The Hall–Kier alpha value is -2.65. The van der Waals surface area contributed by atoms with Crippen LogP contribution in [-0.2, 0) is 6.54 Å². The van der Waals surface area contributed by atoms with Crippen molar-refractivity contribution in [3.8, 4) is 6.07 Å². The minimum absolute atomic E-state index is 0.0892. The molecule has 0 radical (unpaired) electrons. The zero-order valence-electron chi connectivity index (χ0n) is 14.6. The van der Waals surface area contributed by atoms with Gasteiger partial charge in [0.2, 0.25) is 0 Å². The Labute approximate surface area is 147 Å². The van der Waals surface area contributed by atoms with E-state index in [9.17, 15) is 4.79 Å². The summed E-state index contributed by atoms with van der Waals surface area (Å²) in [5.41, 5.74) is 3.21. The number of carbonyl (C=O) groups excluding carboxylic acids is 1. The molecule has 25 heavy (non-hydrogen) atoms. The fourth-order valence-corrected chi connectivity index (χ4v) is 3.23. The minimum atomic E-state index is -0.0892. The minimum Gasteiger partial charge on any atom is -0.361 e. The van der Waals surface area contributed by atoms with Gasteiger partial charge in [0, 0.05) is 30.3 Å². The molecule has 0 aliphatic carbocycles. The largest absolute Gasteiger partial charge is 0.361 e. The fourth-order valence-electron chi connectivity index (χ4n) is 3.23. The van der Waals surface area contributed by atoms with Crippen molar-refractivity contribution in [2.45, 2.75) is 39.3 Å². The van der Waals surface area contributed by atoms with Gasteiger partial charge < -0.3 is 9.84 Å². The molecule has 1 atom stereocenters. The average Bonchev–Trinajstić information content (AvgIpc) is 2.94. The van der Waals surface area contributed by atoms with Crippen LogP contribution < -0.4 is 5.32 Å². The fraction of sp³-hybridized carbons (Fsp3) is 0.421. The molecule has 1 aliphatic rings. The Balaban J connectivity index is 1.59. The van der Waals surface area contributed by atoms with Crippen LogP contribution in [0.1, 0.15) is 45.8 Å². The topological polar surface area (TPSA) is 82.2 Å². The second-order valence-electron chi connectivity index (χ2n) is 6.54. The van der Waals surface area contributed by atoms with Crippen LogP contribution in [0.2, 0.25) is 0 Å². The van der Waals surface area contributed by atoms with E-state index in [-0.39, 0.29) is 11.9 Å². The summed E-state index contributed by atoms with van der Waals surface area (Å²) in [6.07, 6.45) is 2.02. The summed E-state index contributed by atoms with van der Waals surface area (Å²) in [7, 11) is 0. The van der Waals surface area contributed by atoms with Crippen molar-refractivity contribution in [3.63, 3.8) is 0 Å². The van der Waals surface area contributed by atoms with Gasteiger partial charge in [-0.1, -0.05) is 5.16 Å². The number of benzene rings is 1. The predicted molar refractivity (Wildman–Crippen MR) is 92.9 cm³/mol. The number of rotatable bonds is 4. The summed E-state index contributed by atoms with van der Waals surface area (Å²) in [5, 5.41) is 16.0. The smallest absolute Gasteiger partial charge is 0.251 e. The zero-order valence-corrected chi connectivity index (χ0v) is 14.6. The maximum atomic E-state index is 12.4. The van der Waals surface area contributed by atoms with E-state index in [1.807, 2.05) is 13.8 Å². The van der Waals surface area contributed by atoms with Crippen molar-refractivity contribution in [2.24, 2.45) is 0 Å². The summed E-state index contributed by atoms with van der Waals surface area (Å²) in [5.74, 6) is 0.773. The zero-order chi connectivity index (χ0) is 17.8. The lowest BCUT2D eigenvalue weighted by Crippen LogP contribution is -2.47. The molecule has 1 unspecified atom stereocenters. The van der Waals surface area contributed by atoms with Gasteiger partial charge in [-0.2, -0.15) is 5.26 Å². The molecular weight excluding hydrogens is 316 g/mol. The van der Waals surface area contributed by atoms with E-state index < -0.39 is 0 Å². The maximum Gasteiger partial charge on any atom is 0.251 e. The third-order valence-corrected chi connectivity index (χ3v) is 4.68. The number of hydrogen-bond donors (Lipinski definition) is 1. The summed E-state index contributed by atoms with van der Waals surface area (Å²) in [6, 6.07) is 8.90. The average molecular weight is 338 g/mol. The van der Waals surface area contributed by atoms with Crippen LogP contribution in [0.4, 0.5) is 0 Å². The molecule has 0 bridgehead atoms. The molecule has 1 aromatic heterocycles. The highest BCUT2D eigenvalue weighted by molar-refractivity contribution is 5.94. The van der Waals surface area contributed by atoms with Crippen LogP contribution in [0.15, 0.2) is 28.8 Å². The number of aryl methyl sites for hydroxylation is 2. The first kappa shape index (κ1) is 17.2. The number of nitriles is 1. The van der Waals surface area contributed by atoms with Gasteiger partial charge in [-0.05, 0) is 57.5 Å². The van der Waals surface area contributed by atoms with Gasteiger partial charge in [0.05, 0.1) is 17.3 Å². The van der Waals surface area contributed by atoms with E-state index in [1.54, 1.807) is 24.3 Å². The molecule has 6 heteroatoms. The molecule has 0 spiro atoms. The highest BCUT2D eigenvalue weighted by Crippen LogP contribution is 2.19. The van der Waals surface area contributed by atoms with Crippen LogP contribution in [0, 0.1) is 25.2 Å². The number of nitrogens with zero attached hydrogens (tertiary/aromatic N) is 3. The Bertz CT molecular complexity index is 769. The van der Waals surface area contributed by atoms with E-state index in [1.165, 1.54) is 0 Å². The third kappa shape index (κ3) is 4.06. The number of piperidine rings is 1. The summed E-state index contributed by atoms with van der Waals surface area (Å²) >= 11 is 0. The molecule has 2 heterocycles. The Morgan fingerprint density at radius 1 is 1.40 bits per heavy atom. The normalized spacial score (nSPS) is 17.9. The number of likely N-dealkylation sites (tertiary alicyclic amines) is 1. The van der Waals surface area contributed by atoms with Crippen molar-refractivity contribution >= 4 is 5.91 Å². The van der Waals surface area contributed by atoms with E-state index >= 15 is 0 Å². The number of aromatic nitrogens is 1. The van der Waals surface area contributed by atoms with Crippen LogP contribution in [-0.4, -0.2) is 35.1 Å². The van der Waals surface area contributed by atoms with Gasteiger partial charge in [0.25, 0.3) is 5.91 Å². The van der Waals surface area contributed by atoms with Crippen molar-refractivity contribution in [2.75, 3.05) is 13.1 Å².